The van der Waals surface area contributed by atoms with E-state index in [1.165, 1.54) is 30.4 Å². The van der Waals surface area contributed by atoms with E-state index in [-0.39, 0.29) is 0 Å². The van der Waals surface area contributed by atoms with E-state index in [0.717, 1.165) is 26.3 Å². The van der Waals surface area contributed by atoms with Gasteiger partial charge in [-0.25, -0.2) is 4.57 Å². The molecule has 90 valence electrons. The molecule has 1 N–H and O–H groups in total. The molecule has 0 aromatic carbocycles. The average molecular weight is 225 g/mol. The monoisotopic (exact) mass is 225 g/mol. The van der Waals surface area contributed by atoms with Gasteiger partial charge in [0.15, 0.2) is 0 Å². The fourth-order valence-corrected chi connectivity index (χ4v) is 2.34. The minimum absolute atomic E-state index is 0.808. The topological polar surface area (TPSA) is 28.9 Å². The number of nitrogens with zero attached hydrogens (tertiary/aromatic N) is 2. The van der Waals surface area contributed by atoms with Crippen molar-refractivity contribution in [2.75, 3.05) is 39.9 Å². The van der Waals surface area contributed by atoms with Crippen LogP contribution in [0.25, 0.3) is 0 Å². The van der Waals surface area contributed by atoms with Gasteiger partial charge in [-0.1, -0.05) is 0 Å². The first-order valence-corrected chi connectivity index (χ1v) is 6.22. The Hall–Kier alpha value is -0.870. The SMILES string of the molecule is C[N+]1(CCOCC[n+]2cc[nH]c2)CCCC1. The molecule has 1 fully saturated rings. The molecule has 2 rings (SSSR count). The maximum Gasteiger partial charge on any atom is 0.241 e. The molecule has 0 saturated carbocycles. The molecule has 4 nitrogen and oxygen atoms in total. The summed E-state index contributed by atoms with van der Waals surface area (Å²) < 4.78 is 8.99. The summed E-state index contributed by atoms with van der Waals surface area (Å²) >= 11 is 0. The van der Waals surface area contributed by atoms with Crippen molar-refractivity contribution in [3.8, 4) is 0 Å². The number of rotatable bonds is 6. The molecule has 2 heterocycles. The third-order valence-electron chi connectivity index (χ3n) is 3.52. The highest BCUT2D eigenvalue weighted by Crippen LogP contribution is 2.15. The van der Waals surface area contributed by atoms with Crippen molar-refractivity contribution < 1.29 is 13.8 Å². The highest BCUT2D eigenvalue weighted by Gasteiger charge is 2.25. The largest absolute Gasteiger partial charge is 0.372 e. The average Bonchev–Trinajstić information content (AvgIpc) is 2.89. The molecule has 0 radical (unpaired) electrons. The molecular formula is C12H23N3O+2. The molecule has 16 heavy (non-hydrogen) atoms. The van der Waals surface area contributed by atoms with Crippen LogP contribution < -0.4 is 4.57 Å². The molecule has 1 aliphatic heterocycles. The van der Waals surface area contributed by atoms with Crippen LogP contribution in [-0.2, 0) is 11.3 Å². The van der Waals surface area contributed by atoms with E-state index in [2.05, 4.69) is 16.6 Å². The zero-order chi connectivity index (χ0) is 11.3. The summed E-state index contributed by atoms with van der Waals surface area (Å²) in [7, 11) is 2.34. The van der Waals surface area contributed by atoms with Gasteiger partial charge in [0.25, 0.3) is 0 Å². The standard InChI is InChI=1S/C12H22N3O/c1-15(7-2-3-8-15)9-11-16-10-6-14-5-4-13-12-14/h4-5,12H,2-3,6-11H2,1H3/q+1/p+1. The van der Waals surface area contributed by atoms with E-state index in [0.29, 0.717) is 0 Å². The second-order valence-electron chi connectivity index (χ2n) is 4.96. The van der Waals surface area contributed by atoms with Gasteiger partial charge in [0.05, 0.1) is 33.4 Å². The Morgan fingerprint density at radius 1 is 1.31 bits per heavy atom. The molecule has 1 saturated heterocycles. The third-order valence-corrected chi connectivity index (χ3v) is 3.52. The van der Waals surface area contributed by atoms with Crippen LogP contribution in [0.3, 0.4) is 0 Å². The lowest BCUT2D eigenvalue weighted by Gasteiger charge is -2.28. The number of nitrogens with one attached hydrogen (secondary N) is 1. The minimum Gasteiger partial charge on any atom is -0.372 e. The van der Waals surface area contributed by atoms with Crippen LogP contribution in [0.2, 0.25) is 0 Å². The third kappa shape index (κ3) is 3.32. The van der Waals surface area contributed by atoms with Crippen molar-refractivity contribution in [3.05, 3.63) is 18.7 Å². The van der Waals surface area contributed by atoms with E-state index in [9.17, 15) is 0 Å². The summed E-state index contributed by atoms with van der Waals surface area (Å²) in [5.74, 6) is 0. The van der Waals surface area contributed by atoms with Crippen molar-refractivity contribution in [1.82, 2.24) is 4.98 Å². The summed E-state index contributed by atoms with van der Waals surface area (Å²) in [5, 5.41) is 0. The first kappa shape index (κ1) is 11.6. The summed E-state index contributed by atoms with van der Waals surface area (Å²) in [6.45, 7) is 6.46. The highest BCUT2D eigenvalue weighted by atomic mass is 16.5. The van der Waals surface area contributed by atoms with Gasteiger partial charge in [-0.3, -0.25) is 4.98 Å². The van der Waals surface area contributed by atoms with Crippen molar-refractivity contribution in [2.24, 2.45) is 0 Å². The van der Waals surface area contributed by atoms with Gasteiger partial charge in [0.1, 0.15) is 25.5 Å². The number of aromatic amines is 1. The van der Waals surface area contributed by atoms with Crippen LogP contribution in [0, 0.1) is 0 Å². The highest BCUT2D eigenvalue weighted by molar-refractivity contribution is 4.55. The van der Waals surface area contributed by atoms with Gasteiger partial charge >= 0.3 is 0 Å². The Morgan fingerprint density at radius 3 is 2.81 bits per heavy atom. The van der Waals surface area contributed by atoms with Crippen LogP contribution >= 0.6 is 0 Å². The fraction of sp³-hybridized carbons (Fsp3) is 0.750. The molecule has 0 unspecified atom stereocenters. The molecule has 4 heteroatoms. The zero-order valence-electron chi connectivity index (χ0n) is 10.2. The second kappa shape index (κ2) is 5.46. The smallest absolute Gasteiger partial charge is 0.241 e. The number of hydrogen-bond acceptors (Lipinski definition) is 1. The number of H-pyrrole nitrogens is 1. The van der Waals surface area contributed by atoms with E-state index >= 15 is 0 Å². The molecule has 1 aromatic heterocycles. The molecule has 0 amide bonds. The number of likely N-dealkylation sites (tertiary alicyclic amines) is 1. The maximum absolute atomic E-state index is 5.68. The molecule has 0 atom stereocenters. The molecule has 0 spiro atoms. The van der Waals surface area contributed by atoms with E-state index in [4.69, 9.17) is 4.74 Å². The lowest BCUT2D eigenvalue weighted by Crippen LogP contribution is -2.43. The first-order chi connectivity index (χ1) is 7.79. The molecule has 1 aromatic rings. The molecular weight excluding hydrogens is 202 g/mol. The number of imidazole rings is 1. The van der Waals surface area contributed by atoms with E-state index in [1.54, 1.807) is 0 Å². The number of aromatic nitrogens is 2. The number of ether oxygens (including phenoxy) is 1. The Kier molecular flexibility index (Phi) is 3.96. The Balaban J connectivity index is 1.55. The Morgan fingerprint density at radius 2 is 2.12 bits per heavy atom. The predicted octanol–water partition coefficient (Wildman–Crippen LogP) is 0.559. The first-order valence-electron chi connectivity index (χ1n) is 6.22. The quantitative estimate of drug-likeness (QED) is 0.428. The Bertz CT molecular complexity index is 291. The molecule has 0 bridgehead atoms. The minimum atomic E-state index is 0.808. The van der Waals surface area contributed by atoms with Crippen molar-refractivity contribution in [1.29, 1.82) is 0 Å². The van der Waals surface area contributed by atoms with Gasteiger partial charge in [-0.05, 0) is 0 Å². The summed E-state index contributed by atoms with van der Waals surface area (Å²) in [6, 6.07) is 0. The van der Waals surface area contributed by atoms with Gasteiger partial charge < -0.3 is 9.22 Å². The number of hydrogen-bond donors (Lipinski definition) is 1. The number of quaternary nitrogens is 1. The normalized spacial score (nSPS) is 19.1. The summed E-state index contributed by atoms with van der Waals surface area (Å²) in [6.07, 6.45) is 8.68. The van der Waals surface area contributed by atoms with Crippen LogP contribution in [0.5, 0.6) is 0 Å². The van der Waals surface area contributed by atoms with E-state index < -0.39 is 0 Å². The van der Waals surface area contributed by atoms with Crippen LogP contribution in [0.15, 0.2) is 18.7 Å². The van der Waals surface area contributed by atoms with E-state index in [1.807, 2.05) is 18.7 Å². The summed E-state index contributed by atoms with van der Waals surface area (Å²) in [5.41, 5.74) is 0. The maximum atomic E-state index is 5.68. The molecule has 0 aliphatic carbocycles. The lowest BCUT2D eigenvalue weighted by molar-refractivity contribution is -0.898. The lowest BCUT2D eigenvalue weighted by atomic mass is 10.4. The van der Waals surface area contributed by atoms with Gasteiger partial charge in [-0.2, -0.15) is 0 Å². The molecule has 1 aliphatic rings. The van der Waals surface area contributed by atoms with Crippen LogP contribution in [0.1, 0.15) is 12.8 Å². The van der Waals surface area contributed by atoms with Crippen molar-refractivity contribution in [3.63, 3.8) is 0 Å². The van der Waals surface area contributed by atoms with Crippen molar-refractivity contribution >= 4 is 0 Å². The van der Waals surface area contributed by atoms with Gasteiger partial charge in [0, 0.05) is 12.8 Å². The van der Waals surface area contributed by atoms with Crippen LogP contribution in [-0.4, -0.2) is 49.4 Å². The zero-order valence-corrected chi connectivity index (χ0v) is 10.2. The summed E-state index contributed by atoms with van der Waals surface area (Å²) in [4.78, 5) is 3.03. The Labute approximate surface area is 97.4 Å². The number of likely N-dealkylation sites (N-methyl/N-ethyl adjacent to an activating group) is 1. The van der Waals surface area contributed by atoms with Gasteiger partial charge in [0.2, 0.25) is 6.33 Å². The fourth-order valence-electron chi connectivity index (χ4n) is 2.34. The predicted molar refractivity (Wildman–Crippen MR) is 61.8 cm³/mol. The second-order valence-corrected chi connectivity index (χ2v) is 4.96. The van der Waals surface area contributed by atoms with Crippen LogP contribution in [0.4, 0.5) is 0 Å². The van der Waals surface area contributed by atoms with Crippen molar-refractivity contribution in [2.45, 2.75) is 19.4 Å². The van der Waals surface area contributed by atoms with Gasteiger partial charge in [-0.15, -0.1) is 0 Å².